The quantitative estimate of drug-likeness (QED) is 0.567. The number of aromatic hydroxyl groups is 1. The van der Waals surface area contributed by atoms with Gasteiger partial charge in [-0.3, -0.25) is 9.59 Å². The SMILES string of the molecule is Cn1c(C(=O)N2CCN([C@H]3CC[C@H](O[Si](C)(C)C(C)(C)C)CC3)C(=O)C2)nc2c(O)cc(C3CC3)cc21. The Morgan fingerprint density at radius 2 is 1.76 bits per heavy atom. The van der Waals surface area contributed by atoms with Gasteiger partial charge in [-0.1, -0.05) is 20.8 Å². The predicted molar refractivity (Wildman–Crippen MR) is 146 cm³/mol. The van der Waals surface area contributed by atoms with E-state index in [2.05, 4.69) is 38.8 Å². The largest absolute Gasteiger partial charge is 0.506 e. The molecular weight excluding hydrogens is 484 g/mol. The van der Waals surface area contributed by atoms with Gasteiger partial charge in [0.05, 0.1) is 5.52 Å². The molecule has 2 heterocycles. The molecule has 1 aromatic heterocycles. The number of rotatable bonds is 5. The molecule has 2 saturated carbocycles. The highest BCUT2D eigenvalue weighted by Gasteiger charge is 2.41. The van der Waals surface area contributed by atoms with Gasteiger partial charge in [0.2, 0.25) is 5.91 Å². The Kier molecular flexibility index (Phi) is 6.67. The van der Waals surface area contributed by atoms with Gasteiger partial charge in [-0.25, -0.2) is 4.98 Å². The van der Waals surface area contributed by atoms with Crippen LogP contribution in [0.25, 0.3) is 11.0 Å². The molecule has 1 aromatic carbocycles. The molecule has 0 spiro atoms. The first-order valence-corrected chi connectivity index (χ1v) is 16.7. The third-order valence-corrected chi connectivity index (χ3v) is 13.7. The fraction of sp³-hybridized carbons (Fsp3) is 0.679. The average Bonchev–Trinajstić information content (AvgIpc) is 3.62. The number of fused-ring (bicyclic) bond motifs is 1. The van der Waals surface area contributed by atoms with Gasteiger partial charge in [0.25, 0.3) is 5.91 Å². The number of carbonyl (C=O) groups is 2. The van der Waals surface area contributed by atoms with Crippen molar-refractivity contribution in [1.29, 1.82) is 0 Å². The van der Waals surface area contributed by atoms with E-state index in [0.29, 0.717) is 24.5 Å². The van der Waals surface area contributed by atoms with E-state index in [9.17, 15) is 14.7 Å². The third-order valence-electron chi connectivity index (χ3n) is 9.13. The number of amides is 2. The number of aromatic nitrogens is 2. The molecule has 9 heteroatoms. The fourth-order valence-electron chi connectivity index (χ4n) is 5.59. The van der Waals surface area contributed by atoms with E-state index in [4.69, 9.17) is 4.43 Å². The first kappa shape index (κ1) is 26.2. The zero-order chi connectivity index (χ0) is 26.7. The van der Waals surface area contributed by atoms with Crippen LogP contribution in [0, 0.1) is 0 Å². The Balaban J connectivity index is 1.21. The molecule has 1 saturated heterocycles. The highest BCUT2D eigenvalue weighted by atomic mass is 28.4. The van der Waals surface area contributed by atoms with Crippen LogP contribution < -0.4 is 0 Å². The Hall–Kier alpha value is -2.39. The van der Waals surface area contributed by atoms with Crippen molar-refractivity contribution in [2.24, 2.45) is 7.05 Å². The minimum atomic E-state index is -1.80. The Labute approximate surface area is 221 Å². The van der Waals surface area contributed by atoms with Crippen LogP contribution in [-0.2, 0) is 16.3 Å². The molecule has 2 aliphatic carbocycles. The molecular formula is C28H42N4O4Si. The molecule has 1 N–H and O–H groups in total. The van der Waals surface area contributed by atoms with E-state index < -0.39 is 8.32 Å². The second-order valence-electron chi connectivity index (χ2n) is 12.8. The minimum Gasteiger partial charge on any atom is -0.506 e. The van der Waals surface area contributed by atoms with E-state index in [1.807, 2.05) is 11.0 Å². The maximum atomic E-state index is 13.4. The Morgan fingerprint density at radius 3 is 2.35 bits per heavy atom. The van der Waals surface area contributed by atoms with Crippen molar-refractivity contribution in [1.82, 2.24) is 19.4 Å². The van der Waals surface area contributed by atoms with Gasteiger partial charge in [0, 0.05) is 32.3 Å². The lowest BCUT2D eigenvalue weighted by molar-refractivity contribution is -0.138. The smallest absolute Gasteiger partial charge is 0.290 e. The summed E-state index contributed by atoms with van der Waals surface area (Å²) in [6, 6.07) is 4.03. The van der Waals surface area contributed by atoms with Crippen molar-refractivity contribution in [3.63, 3.8) is 0 Å². The number of hydrogen-bond donors (Lipinski definition) is 1. The van der Waals surface area contributed by atoms with Crippen molar-refractivity contribution in [2.45, 2.75) is 95.5 Å². The van der Waals surface area contributed by atoms with E-state index in [1.54, 1.807) is 22.6 Å². The van der Waals surface area contributed by atoms with Crippen LogP contribution in [0.2, 0.25) is 18.1 Å². The third kappa shape index (κ3) is 5.04. The first-order chi connectivity index (χ1) is 17.4. The number of phenolic OH excluding ortho intramolecular Hbond substituents is 1. The molecule has 37 heavy (non-hydrogen) atoms. The van der Waals surface area contributed by atoms with Crippen LogP contribution in [0.4, 0.5) is 0 Å². The average molecular weight is 527 g/mol. The van der Waals surface area contributed by atoms with E-state index >= 15 is 0 Å². The normalized spacial score (nSPS) is 23.7. The number of nitrogens with zero attached hydrogens (tertiary/aromatic N) is 4. The number of aryl methyl sites for hydroxylation is 1. The van der Waals surface area contributed by atoms with Gasteiger partial charge < -0.3 is 23.9 Å². The Bertz CT molecular complexity index is 1200. The maximum absolute atomic E-state index is 13.4. The first-order valence-electron chi connectivity index (χ1n) is 13.8. The molecule has 1 aliphatic heterocycles. The molecule has 202 valence electrons. The summed E-state index contributed by atoms with van der Waals surface area (Å²) in [6.07, 6.45) is 6.41. The lowest BCUT2D eigenvalue weighted by atomic mass is 9.91. The van der Waals surface area contributed by atoms with Crippen molar-refractivity contribution < 1.29 is 19.1 Å². The summed E-state index contributed by atoms with van der Waals surface area (Å²) in [5.41, 5.74) is 2.30. The number of piperazine rings is 1. The highest BCUT2D eigenvalue weighted by Crippen LogP contribution is 2.43. The molecule has 0 atom stereocenters. The molecule has 2 aromatic rings. The summed E-state index contributed by atoms with van der Waals surface area (Å²) in [7, 11) is 0.0103. The standard InChI is InChI=1S/C28H42N4O4Si/c1-28(2,3)37(5,6)36-21-11-9-20(10-12-21)32-14-13-31(17-24(32)34)27(35)26-29-25-22(30(26)4)15-19(16-23(25)33)18-7-8-18/h15-16,18,20-21,33H,7-14,17H2,1-6H3/t20-,21-. The van der Waals surface area contributed by atoms with Crippen molar-refractivity contribution in [3.05, 3.63) is 23.5 Å². The zero-order valence-corrected chi connectivity index (χ0v) is 24.2. The van der Waals surface area contributed by atoms with Crippen LogP contribution in [-0.4, -0.2) is 76.4 Å². The lowest BCUT2D eigenvalue weighted by Crippen LogP contribution is -2.56. The number of imidazole rings is 1. The van der Waals surface area contributed by atoms with Gasteiger partial charge in [-0.2, -0.15) is 0 Å². The minimum absolute atomic E-state index is 0.00555. The molecule has 5 rings (SSSR count). The van der Waals surface area contributed by atoms with Crippen LogP contribution >= 0.6 is 0 Å². The van der Waals surface area contributed by atoms with Gasteiger partial charge in [0.1, 0.15) is 17.8 Å². The second-order valence-corrected chi connectivity index (χ2v) is 17.6. The monoisotopic (exact) mass is 526 g/mol. The summed E-state index contributed by atoms with van der Waals surface area (Å²) < 4.78 is 8.38. The number of phenols is 1. The van der Waals surface area contributed by atoms with Gasteiger partial charge in [-0.05, 0) is 80.3 Å². The summed E-state index contributed by atoms with van der Waals surface area (Å²) in [5, 5.41) is 10.7. The topological polar surface area (TPSA) is 87.9 Å². The molecule has 3 aliphatic rings. The second kappa shape index (κ2) is 9.41. The summed E-state index contributed by atoms with van der Waals surface area (Å²) in [4.78, 5) is 34.6. The van der Waals surface area contributed by atoms with Gasteiger partial charge in [-0.15, -0.1) is 0 Å². The van der Waals surface area contributed by atoms with Crippen molar-refractivity contribution in [3.8, 4) is 5.75 Å². The van der Waals surface area contributed by atoms with Crippen LogP contribution in [0.3, 0.4) is 0 Å². The molecule has 0 unspecified atom stereocenters. The van der Waals surface area contributed by atoms with E-state index in [0.717, 1.165) is 49.6 Å². The van der Waals surface area contributed by atoms with E-state index in [1.165, 1.54) is 0 Å². The molecule has 0 radical (unpaired) electrons. The highest BCUT2D eigenvalue weighted by molar-refractivity contribution is 6.74. The molecule has 8 nitrogen and oxygen atoms in total. The van der Waals surface area contributed by atoms with Crippen molar-refractivity contribution in [2.75, 3.05) is 19.6 Å². The summed E-state index contributed by atoms with van der Waals surface area (Å²) >= 11 is 0. The lowest BCUT2D eigenvalue weighted by Gasteiger charge is -2.44. The maximum Gasteiger partial charge on any atom is 0.290 e. The summed E-state index contributed by atoms with van der Waals surface area (Å²) in [5.74, 6) is 0.617. The Morgan fingerprint density at radius 1 is 1.08 bits per heavy atom. The molecule has 0 bridgehead atoms. The van der Waals surface area contributed by atoms with Crippen LogP contribution in [0.1, 0.15) is 81.4 Å². The van der Waals surface area contributed by atoms with Gasteiger partial charge >= 0.3 is 0 Å². The fourth-order valence-corrected chi connectivity index (χ4v) is 7.01. The van der Waals surface area contributed by atoms with E-state index in [-0.39, 0.29) is 47.1 Å². The predicted octanol–water partition coefficient (Wildman–Crippen LogP) is 4.77. The molecule has 3 fully saturated rings. The molecule has 2 amide bonds. The number of hydrogen-bond acceptors (Lipinski definition) is 5. The number of benzene rings is 1. The van der Waals surface area contributed by atoms with Crippen LogP contribution in [0.5, 0.6) is 5.75 Å². The number of carbonyl (C=O) groups excluding carboxylic acids is 2. The van der Waals surface area contributed by atoms with Crippen LogP contribution in [0.15, 0.2) is 12.1 Å². The van der Waals surface area contributed by atoms with Crippen molar-refractivity contribution >= 4 is 31.2 Å². The van der Waals surface area contributed by atoms with Gasteiger partial charge in [0.15, 0.2) is 14.1 Å². The summed E-state index contributed by atoms with van der Waals surface area (Å²) in [6.45, 7) is 12.5. The zero-order valence-electron chi connectivity index (χ0n) is 23.2.